The first kappa shape index (κ1) is 12.7. The molecular formula is C12H22N4. The van der Waals surface area contributed by atoms with Crippen molar-refractivity contribution in [3.05, 3.63) is 12.4 Å². The topological polar surface area (TPSA) is 41.0 Å². The van der Waals surface area contributed by atoms with E-state index in [1.807, 2.05) is 13.1 Å². The van der Waals surface area contributed by atoms with Gasteiger partial charge in [0.05, 0.1) is 0 Å². The molecule has 0 aliphatic rings. The maximum atomic E-state index is 4.29. The van der Waals surface area contributed by atoms with Crippen LogP contribution in [0.5, 0.6) is 0 Å². The van der Waals surface area contributed by atoms with Crippen LogP contribution < -0.4 is 10.2 Å². The van der Waals surface area contributed by atoms with Crippen molar-refractivity contribution in [2.45, 2.75) is 33.2 Å². The van der Waals surface area contributed by atoms with E-state index in [0.29, 0.717) is 12.0 Å². The maximum Gasteiger partial charge on any atom is 0.134 e. The molecule has 1 aromatic rings. The van der Waals surface area contributed by atoms with Gasteiger partial charge in [-0.25, -0.2) is 9.97 Å². The van der Waals surface area contributed by atoms with Crippen molar-refractivity contribution in [2.24, 2.45) is 5.92 Å². The van der Waals surface area contributed by atoms with Gasteiger partial charge >= 0.3 is 0 Å². The Kier molecular flexibility index (Phi) is 4.52. The Balaban J connectivity index is 2.74. The van der Waals surface area contributed by atoms with Crippen LogP contribution in [0.1, 0.15) is 27.2 Å². The third-order valence-corrected chi connectivity index (χ3v) is 2.74. The molecule has 16 heavy (non-hydrogen) atoms. The highest BCUT2D eigenvalue weighted by Crippen LogP contribution is 2.18. The molecule has 1 rings (SSSR count). The van der Waals surface area contributed by atoms with Gasteiger partial charge in [0.15, 0.2) is 0 Å². The highest BCUT2D eigenvalue weighted by Gasteiger charge is 2.13. The van der Waals surface area contributed by atoms with E-state index in [2.05, 4.69) is 48.0 Å². The molecule has 1 N–H and O–H groups in total. The molecule has 1 heterocycles. The summed E-state index contributed by atoms with van der Waals surface area (Å²) in [7, 11) is 3.94. The summed E-state index contributed by atoms with van der Waals surface area (Å²) in [5.41, 5.74) is 0. The van der Waals surface area contributed by atoms with Gasteiger partial charge in [-0.05, 0) is 19.3 Å². The smallest absolute Gasteiger partial charge is 0.134 e. The Morgan fingerprint density at radius 1 is 1.31 bits per heavy atom. The van der Waals surface area contributed by atoms with Crippen LogP contribution in [0.2, 0.25) is 0 Å². The van der Waals surface area contributed by atoms with E-state index in [1.54, 1.807) is 6.33 Å². The van der Waals surface area contributed by atoms with Crippen molar-refractivity contribution in [2.75, 3.05) is 24.3 Å². The molecule has 1 atom stereocenters. The summed E-state index contributed by atoms with van der Waals surface area (Å²) in [6.07, 6.45) is 2.76. The maximum absolute atomic E-state index is 4.29. The minimum Gasteiger partial charge on any atom is -0.373 e. The van der Waals surface area contributed by atoms with Crippen LogP contribution in [0.3, 0.4) is 0 Å². The molecule has 0 amide bonds. The molecule has 4 heteroatoms. The van der Waals surface area contributed by atoms with E-state index in [4.69, 9.17) is 0 Å². The van der Waals surface area contributed by atoms with Crippen LogP contribution in [0, 0.1) is 5.92 Å². The average Bonchev–Trinajstić information content (AvgIpc) is 2.27. The van der Waals surface area contributed by atoms with Crippen molar-refractivity contribution in [3.63, 3.8) is 0 Å². The zero-order valence-electron chi connectivity index (χ0n) is 10.9. The van der Waals surface area contributed by atoms with E-state index in [1.165, 1.54) is 0 Å². The second kappa shape index (κ2) is 5.68. The van der Waals surface area contributed by atoms with E-state index >= 15 is 0 Å². The second-order valence-electron chi connectivity index (χ2n) is 4.60. The first-order valence-corrected chi connectivity index (χ1v) is 5.77. The fraction of sp³-hybridized carbons (Fsp3) is 0.667. The van der Waals surface area contributed by atoms with Crippen molar-refractivity contribution in [3.8, 4) is 0 Å². The summed E-state index contributed by atoms with van der Waals surface area (Å²) >= 11 is 0. The lowest BCUT2D eigenvalue weighted by atomic mass is 10.0. The van der Waals surface area contributed by atoms with Crippen LogP contribution in [-0.2, 0) is 0 Å². The molecule has 0 saturated carbocycles. The number of nitrogens with zero attached hydrogens (tertiary/aromatic N) is 3. The molecule has 4 nitrogen and oxygen atoms in total. The van der Waals surface area contributed by atoms with Gasteiger partial charge in [-0.15, -0.1) is 0 Å². The molecule has 0 aliphatic heterocycles. The zero-order chi connectivity index (χ0) is 12.1. The van der Waals surface area contributed by atoms with E-state index in [0.717, 1.165) is 18.1 Å². The number of anilines is 2. The first-order chi connectivity index (χ1) is 7.54. The molecule has 1 unspecified atom stereocenters. The van der Waals surface area contributed by atoms with Crippen molar-refractivity contribution in [1.29, 1.82) is 0 Å². The predicted molar refractivity (Wildman–Crippen MR) is 68.9 cm³/mol. The van der Waals surface area contributed by atoms with Gasteiger partial charge in [-0.3, -0.25) is 0 Å². The summed E-state index contributed by atoms with van der Waals surface area (Å²) in [6.45, 7) is 6.70. The minimum atomic E-state index is 0.486. The fourth-order valence-electron chi connectivity index (χ4n) is 1.74. The average molecular weight is 222 g/mol. The highest BCUT2D eigenvalue weighted by molar-refractivity contribution is 5.48. The van der Waals surface area contributed by atoms with Crippen LogP contribution in [-0.4, -0.2) is 30.1 Å². The molecule has 1 aromatic heterocycles. The molecule has 0 spiro atoms. The lowest BCUT2D eigenvalue weighted by Gasteiger charge is -2.27. The molecule has 0 radical (unpaired) electrons. The van der Waals surface area contributed by atoms with Crippen molar-refractivity contribution in [1.82, 2.24) is 9.97 Å². The molecule has 90 valence electrons. The van der Waals surface area contributed by atoms with Gasteiger partial charge in [0, 0.05) is 26.2 Å². The quantitative estimate of drug-likeness (QED) is 0.830. The molecule has 0 bridgehead atoms. The van der Waals surface area contributed by atoms with Crippen LogP contribution in [0.15, 0.2) is 12.4 Å². The SMILES string of the molecule is CNc1cc(N(C)C(C)CC(C)C)ncn1. The normalized spacial score (nSPS) is 12.6. The van der Waals surface area contributed by atoms with Gasteiger partial charge in [-0.1, -0.05) is 13.8 Å². The number of rotatable bonds is 5. The Bertz CT molecular complexity index is 325. The Hall–Kier alpha value is -1.32. The monoisotopic (exact) mass is 222 g/mol. The van der Waals surface area contributed by atoms with Crippen molar-refractivity contribution >= 4 is 11.6 Å². The minimum absolute atomic E-state index is 0.486. The van der Waals surface area contributed by atoms with Gasteiger partial charge in [0.25, 0.3) is 0 Å². The summed E-state index contributed by atoms with van der Waals surface area (Å²) in [6, 6.07) is 2.45. The standard InChI is InChI=1S/C12H22N4/c1-9(2)6-10(3)16(5)12-7-11(13-4)14-8-15-12/h7-10H,6H2,1-5H3,(H,13,14,15). The van der Waals surface area contributed by atoms with Gasteiger partial charge in [-0.2, -0.15) is 0 Å². The van der Waals surface area contributed by atoms with Crippen LogP contribution in [0.25, 0.3) is 0 Å². The lowest BCUT2D eigenvalue weighted by Crippen LogP contribution is -2.30. The number of aromatic nitrogens is 2. The Morgan fingerprint density at radius 3 is 2.56 bits per heavy atom. The number of hydrogen-bond donors (Lipinski definition) is 1. The molecule has 0 aromatic carbocycles. The fourth-order valence-corrected chi connectivity index (χ4v) is 1.74. The summed E-state index contributed by atoms with van der Waals surface area (Å²) in [5, 5.41) is 3.02. The van der Waals surface area contributed by atoms with Gasteiger partial charge in [0.1, 0.15) is 18.0 Å². The van der Waals surface area contributed by atoms with Gasteiger partial charge in [0.2, 0.25) is 0 Å². The predicted octanol–water partition coefficient (Wildman–Crippen LogP) is 2.39. The molecule has 0 aliphatic carbocycles. The number of hydrogen-bond acceptors (Lipinski definition) is 4. The largest absolute Gasteiger partial charge is 0.373 e. The molecule has 0 saturated heterocycles. The summed E-state index contributed by atoms with van der Waals surface area (Å²) in [4.78, 5) is 10.6. The van der Waals surface area contributed by atoms with E-state index < -0.39 is 0 Å². The third-order valence-electron chi connectivity index (χ3n) is 2.74. The van der Waals surface area contributed by atoms with Crippen LogP contribution >= 0.6 is 0 Å². The Morgan fingerprint density at radius 2 is 2.00 bits per heavy atom. The Labute approximate surface area is 98.1 Å². The van der Waals surface area contributed by atoms with Crippen molar-refractivity contribution < 1.29 is 0 Å². The van der Waals surface area contributed by atoms with E-state index in [9.17, 15) is 0 Å². The molecule has 0 fully saturated rings. The lowest BCUT2D eigenvalue weighted by molar-refractivity contribution is 0.502. The second-order valence-corrected chi connectivity index (χ2v) is 4.60. The third kappa shape index (κ3) is 3.36. The highest BCUT2D eigenvalue weighted by atomic mass is 15.2. The first-order valence-electron chi connectivity index (χ1n) is 5.77. The van der Waals surface area contributed by atoms with Crippen LogP contribution in [0.4, 0.5) is 11.6 Å². The number of nitrogens with one attached hydrogen (secondary N) is 1. The zero-order valence-corrected chi connectivity index (χ0v) is 10.9. The summed E-state index contributed by atoms with van der Waals surface area (Å²) in [5.74, 6) is 2.52. The summed E-state index contributed by atoms with van der Waals surface area (Å²) < 4.78 is 0. The van der Waals surface area contributed by atoms with Gasteiger partial charge < -0.3 is 10.2 Å². The van der Waals surface area contributed by atoms with E-state index in [-0.39, 0.29) is 0 Å². The molecular weight excluding hydrogens is 200 g/mol.